The molecule has 0 bridgehead atoms. The van der Waals surface area contributed by atoms with Gasteiger partial charge in [-0.25, -0.2) is 0 Å². The van der Waals surface area contributed by atoms with Crippen molar-refractivity contribution in [3.8, 4) is 0 Å². The Labute approximate surface area is 125 Å². The van der Waals surface area contributed by atoms with E-state index in [2.05, 4.69) is 20.4 Å². The number of rotatable bonds is 3. The number of nitrogens with one attached hydrogen (secondary N) is 1. The zero-order valence-electron chi connectivity index (χ0n) is 11.4. The van der Waals surface area contributed by atoms with Crippen molar-refractivity contribution in [3.05, 3.63) is 50.8 Å². The zero-order chi connectivity index (χ0) is 16.6. The standard InChI is InChI=1S/C12H9F3N6O2/c13-12(14,15)7-1-2-9-8(5-7)18-10(22)11(23)20(9)3-4-21-17-6-16-19-21/h1-2,5-6H,3-4H2,(H,18,22). The van der Waals surface area contributed by atoms with Crippen molar-refractivity contribution in [2.75, 3.05) is 0 Å². The number of hydrogen-bond donors (Lipinski definition) is 1. The topological polar surface area (TPSA) is 98.5 Å². The molecule has 120 valence electrons. The van der Waals surface area contributed by atoms with Crippen molar-refractivity contribution < 1.29 is 13.2 Å². The highest BCUT2D eigenvalue weighted by atomic mass is 19.4. The summed E-state index contributed by atoms with van der Waals surface area (Å²) in [4.78, 5) is 27.0. The molecule has 0 aliphatic heterocycles. The van der Waals surface area contributed by atoms with Crippen molar-refractivity contribution >= 4 is 11.0 Å². The lowest BCUT2D eigenvalue weighted by molar-refractivity contribution is -0.137. The lowest BCUT2D eigenvalue weighted by atomic mass is 10.2. The van der Waals surface area contributed by atoms with Crippen LogP contribution in [-0.2, 0) is 19.3 Å². The van der Waals surface area contributed by atoms with Crippen LogP contribution in [0.15, 0.2) is 34.1 Å². The molecule has 3 aromatic rings. The summed E-state index contributed by atoms with van der Waals surface area (Å²) in [7, 11) is 0. The summed E-state index contributed by atoms with van der Waals surface area (Å²) in [6, 6.07) is 2.79. The third kappa shape index (κ3) is 2.84. The molecule has 2 aromatic heterocycles. The van der Waals surface area contributed by atoms with Crippen LogP contribution in [0, 0.1) is 0 Å². The van der Waals surface area contributed by atoms with Crippen LogP contribution < -0.4 is 11.1 Å². The highest BCUT2D eigenvalue weighted by molar-refractivity contribution is 5.75. The minimum absolute atomic E-state index is 0.0149. The highest BCUT2D eigenvalue weighted by Crippen LogP contribution is 2.30. The van der Waals surface area contributed by atoms with Gasteiger partial charge in [0.25, 0.3) is 0 Å². The maximum Gasteiger partial charge on any atom is 0.416 e. The second kappa shape index (κ2) is 5.34. The number of tetrazole rings is 1. The molecule has 0 aliphatic rings. The number of H-pyrrole nitrogens is 1. The van der Waals surface area contributed by atoms with Crippen LogP contribution in [0.3, 0.4) is 0 Å². The first-order valence-corrected chi connectivity index (χ1v) is 6.41. The van der Waals surface area contributed by atoms with Gasteiger partial charge in [-0.1, -0.05) is 0 Å². The van der Waals surface area contributed by atoms with Crippen LogP contribution in [0.1, 0.15) is 5.56 Å². The molecule has 0 atom stereocenters. The van der Waals surface area contributed by atoms with Crippen molar-refractivity contribution in [1.82, 2.24) is 29.8 Å². The van der Waals surface area contributed by atoms with Gasteiger partial charge < -0.3 is 9.55 Å². The molecule has 1 N–H and O–H groups in total. The number of fused-ring (bicyclic) bond motifs is 1. The van der Waals surface area contributed by atoms with E-state index in [-0.39, 0.29) is 24.1 Å². The Bertz CT molecular complexity index is 958. The van der Waals surface area contributed by atoms with Crippen LogP contribution in [0.2, 0.25) is 0 Å². The van der Waals surface area contributed by atoms with Gasteiger partial charge in [0.1, 0.15) is 0 Å². The number of halogens is 3. The van der Waals surface area contributed by atoms with Crippen LogP contribution in [0.4, 0.5) is 13.2 Å². The average molecular weight is 326 g/mol. The first-order valence-electron chi connectivity index (χ1n) is 6.41. The first-order chi connectivity index (χ1) is 10.9. The molecule has 8 nitrogen and oxygen atoms in total. The van der Waals surface area contributed by atoms with Gasteiger partial charge >= 0.3 is 17.3 Å². The van der Waals surface area contributed by atoms with Gasteiger partial charge in [-0.3, -0.25) is 9.59 Å². The Hall–Kier alpha value is -2.98. The van der Waals surface area contributed by atoms with Crippen molar-refractivity contribution in [2.45, 2.75) is 19.3 Å². The predicted molar refractivity (Wildman–Crippen MR) is 71.6 cm³/mol. The van der Waals surface area contributed by atoms with Gasteiger partial charge in [-0.2, -0.15) is 18.0 Å². The Morgan fingerprint density at radius 1 is 1.17 bits per heavy atom. The molecule has 0 aliphatic carbocycles. The highest BCUT2D eigenvalue weighted by Gasteiger charge is 2.30. The summed E-state index contributed by atoms with van der Waals surface area (Å²) in [5.41, 5.74) is -2.66. The largest absolute Gasteiger partial charge is 0.416 e. The molecular weight excluding hydrogens is 317 g/mol. The number of nitrogens with zero attached hydrogens (tertiary/aromatic N) is 5. The average Bonchev–Trinajstić information content (AvgIpc) is 2.99. The van der Waals surface area contributed by atoms with E-state index in [1.54, 1.807) is 0 Å². The third-order valence-corrected chi connectivity index (χ3v) is 3.22. The van der Waals surface area contributed by atoms with Crippen LogP contribution >= 0.6 is 0 Å². The van der Waals surface area contributed by atoms with Crippen molar-refractivity contribution in [2.24, 2.45) is 0 Å². The molecule has 0 amide bonds. The SMILES string of the molecule is O=c1[nH]c2cc(C(F)(F)F)ccc2n(CCn2ncnn2)c1=O. The van der Waals surface area contributed by atoms with E-state index >= 15 is 0 Å². The summed E-state index contributed by atoms with van der Waals surface area (Å²) < 4.78 is 39.3. The van der Waals surface area contributed by atoms with E-state index in [0.717, 1.165) is 22.8 Å². The lowest BCUT2D eigenvalue weighted by Crippen LogP contribution is -2.37. The second-order valence-electron chi connectivity index (χ2n) is 4.67. The van der Waals surface area contributed by atoms with E-state index in [0.29, 0.717) is 0 Å². The summed E-state index contributed by atoms with van der Waals surface area (Å²) in [5.74, 6) is 0. The Morgan fingerprint density at radius 3 is 2.61 bits per heavy atom. The molecule has 0 spiro atoms. The minimum atomic E-state index is -4.54. The Balaban J connectivity index is 2.10. The molecule has 11 heteroatoms. The fourth-order valence-electron chi connectivity index (χ4n) is 2.16. The van der Waals surface area contributed by atoms with Crippen LogP contribution in [0.25, 0.3) is 11.0 Å². The van der Waals surface area contributed by atoms with Crippen LogP contribution in [0.5, 0.6) is 0 Å². The third-order valence-electron chi connectivity index (χ3n) is 3.22. The maximum atomic E-state index is 12.7. The van der Waals surface area contributed by atoms with E-state index in [1.807, 2.05) is 0 Å². The molecule has 0 saturated carbocycles. The molecule has 23 heavy (non-hydrogen) atoms. The van der Waals surface area contributed by atoms with Crippen molar-refractivity contribution in [1.29, 1.82) is 0 Å². The molecule has 0 unspecified atom stereocenters. The normalized spacial score (nSPS) is 12.0. The van der Waals surface area contributed by atoms with E-state index in [4.69, 9.17) is 0 Å². The van der Waals surface area contributed by atoms with E-state index in [9.17, 15) is 22.8 Å². The zero-order valence-corrected chi connectivity index (χ0v) is 11.4. The van der Waals surface area contributed by atoms with Gasteiger partial charge in [0.2, 0.25) is 0 Å². The second-order valence-corrected chi connectivity index (χ2v) is 4.67. The summed E-state index contributed by atoms with van der Waals surface area (Å²) in [6.07, 6.45) is -3.34. The smallest absolute Gasteiger partial charge is 0.316 e. The monoisotopic (exact) mass is 326 g/mol. The Kier molecular flexibility index (Phi) is 3.47. The predicted octanol–water partition coefficient (Wildman–Crippen LogP) is 0.395. The number of aromatic amines is 1. The van der Waals surface area contributed by atoms with Gasteiger partial charge in [-0.05, 0) is 23.4 Å². The van der Waals surface area contributed by atoms with E-state index < -0.39 is 22.9 Å². The summed E-state index contributed by atoms with van der Waals surface area (Å²) >= 11 is 0. The van der Waals surface area contributed by atoms with Gasteiger partial charge in [0, 0.05) is 6.54 Å². The molecular formula is C12H9F3N6O2. The molecule has 2 heterocycles. The number of benzene rings is 1. The number of alkyl halides is 3. The van der Waals surface area contributed by atoms with E-state index in [1.165, 1.54) is 11.1 Å². The number of aromatic nitrogens is 6. The first kappa shape index (κ1) is 14.9. The summed E-state index contributed by atoms with van der Waals surface area (Å²) in [6.45, 7) is 0.153. The fourth-order valence-corrected chi connectivity index (χ4v) is 2.16. The quantitative estimate of drug-likeness (QED) is 0.702. The fraction of sp³-hybridized carbons (Fsp3) is 0.250. The molecule has 1 aromatic carbocycles. The summed E-state index contributed by atoms with van der Waals surface area (Å²) in [5, 5.41) is 10.9. The van der Waals surface area contributed by atoms with Gasteiger partial charge in [-0.15, -0.1) is 10.2 Å². The number of hydrogen-bond acceptors (Lipinski definition) is 5. The molecule has 0 saturated heterocycles. The molecule has 3 rings (SSSR count). The Morgan fingerprint density at radius 2 is 1.96 bits per heavy atom. The molecule has 0 fully saturated rings. The van der Waals surface area contributed by atoms with Gasteiger partial charge in [0.15, 0.2) is 6.33 Å². The minimum Gasteiger partial charge on any atom is -0.316 e. The maximum absolute atomic E-state index is 12.7. The van der Waals surface area contributed by atoms with Gasteiger partial charge in [0.05, 0.1) is 23.1 Å². The molecule has 0 radical (unpaired) electrons. The number of aryl methyl sites for hydroxylation is 2. The van der Waals surface area contributed by atoms with Crippen molar-refractivity contribution in [3.63, 3.8) is 0 Å². The van der Waals surface area contributed by atoms with Crippen LogP contribution in [-0.4, -0.2) is 29.8 Å². The lowest BCUT2D eigenvalue weighted by Gasteiger charge is -2.11.